The van der Waals surface area contributed by atoms with Crippen molar-refractivity contribution in [3.63, 3.8) is 0 Å². The summed E-state index contributed by atoms with van der Waals surface area (Å²) in [5, 5.41) is 11.9. The van der Waals surface area contributed by atoms with Crippen LogP contribution in [0.5, 0.6) is 17.2 Å². The van der Waals surface area contributed by atoms with E-state index in [1.54, 1.807) is 14.2 Å². The molecule has 2 aliphatic carbocycles. The number of nitriles is 1. The molecule has 4 aromatic carbocycles. The predicted molar refractivity (Wildman–Crippen MR) is 173 cm³/mol. The summed E-state index contributed by atoms with van der Waals surface area (Å²) in [4.78, 5) is 0. The number of fused-ring (bicyclic) bond motifs is 8. The van der Waals surface area contributed by atoms with Crippen molar-refractivity contribution < 1.29 is 14.2 Å². The van der Waals surface area contributed by atoms with Crippen LogP contribution in [0.4, 0.5) is 0 Å². The molecule has 4 nitrogen and oxygen atoms in total. The molecule has 7 rings (SSSR count). The SMILES string of the molecule is CCC1(CC)c2cc(C#N)ccc2-c2c1c1c(c3cc(OC)c(OC)cc23)OC(C2=CC=CCC2)(c2ccccc2)C=C1. The number of benzene rings is 4. The lowest BCUT2D eigenvalue weighted by Gasteiger charge is -2.41. The third-order valence-electron chi connectivity index (χ3n) is 9.86. The molecule has 1 aliphatic heterocycles. The Morgan fingerprint density at radius 1 is 0.930 bits per heavy atom. The van der Waals surface area contributed by atoms with Gasteiger partial charge >= 0.3 is 0 Å². The van der Waals surface area contributed by atoms with Gasteiger partial charge in [0.15, 0.2) is 17.1 Å². The molecule has 1 atom stereocenters. The van der Waals surface area contributed by atoms with E-state index < -0.39 is 5.60 Å². The predicted octanol–water partition coefficient (Wildman–Crippen LogP) is 9.39. The number of allylic oxidation sites excluding steroid dienone is 3. The van der Waals surface area contributed by atoms with Crippen LogP contribution in [0.25, 0.3) is 28.0 Å². The molecular weight excluding hydrogens is 530 g/mol. The minimum atomic E-state index is -0.742. The van der Waals surface area contributed by atoms with E-state index in [1.165, 1.54) is 27.8 Å². The van der Waals surface area contributed by atoms with Crippen LogP contribution in [0, 0.1) is 11.3 Å². The molecule has 0 spiro atoms. The molecule has 1 heterocycles. The zero-order valence-electron chi connectivity index (χ0n) is 25.2. The van der Waals surface area contributed by atoms with Crippen molar-refractivity contribution in [2.24, 2.45) is 0 Å². The Labute approximate surface area is 253 Å². The fourth-order valence-electron chi connectivity index (χ4n) is 7.70. The maximum Gasteiger partial charge on any atom is 0.174 e. The van der Waals surface area contributed by atoms with Gasteiger partial charge in [-0.25, -0.2) is 0 Å². The van der Waals surface area contributed by atoms with Crippen molar-refractivity contribution in [3.8, 4) is 34.4 Å². The average Bonchev–Trinajstić information content (AvgIpc) is 3.38. The lowest BCUT2D eigenvalue weighted by atomic mass is 9.70. The van der Waals surface area contributed by atoms with Gasteiger partial charge < -0.3 is 14.2 Å². The highest BCUT2D eigenvalue weighted by Gasteiger charge is 2.47. The van der Waals surface area contributed by atoms with E-state index in [-0.39, 0.29) is 5.41 Å². The first-order chi connectivity index (χ1) is 21.0. The molecule has 0 amide bonds. The Kier molecular flexibility index (Phi) is 6.43. The third kappa shape index (κ3) is 3.74. The first kappa shape index (κ1) is 27.1. The number of hydrogen-bond acceptors (Lipinski definition) is 4. The molecule has 43 heavy (non-hydrogen) atoms. The van der Waals surface area contributed by atoms with Gasteiger partial charge in [-0.15, -0.1) is 0 Å². The van der Waals surface area contributed by atoms with Crippen molar-refractivity contribution >= 4 is 16.8 Å². The van der Waals surface area contributed by atoms with Crippen LogP contribution in [0.15, 0.2) is 90.5 Å². The van der Waals surface area contributed by atoms with Crippen LogP contribution < -0.4 is 14.2 Å². The van der Waals surface area contributed by atoms with E-state index in [2.05, 4.69) is 105 Å². The minimum Gasteiger partial charge on any atom is -0.493 e. The smallest absolute Gasteiger partial charge is 0.174 e. The van der Waals surface area contributed by atoms with Gasteiger partial charge in [0.25, 0.3) is 0 Å². The molecule has 0 N–H and O–H groups in total. The summed E-state index contributed by atoms with van der Waals surface area (Å²) in [5.74, 6) is 2.20. The van der Waals surface area contributed by atoms with Crippen molar-refractivity contribution in [1.82, 2.24) is 0 Å². The van der Waals surface area contributed by atoms with Crippen molar-refractivity contribution in [2.45, 2.75) is 50.5 Å². The second-order valence-electron chi connectivity index (χ2n) is 11.6. The van der Waals surface area contributed by atoms with Gasteiger partial charge in [0, 0.05) is 21.9 Å². The second kappa shape index (κ2) is 10.2. The lowest BCUT2D eigenvalue weighted by molar-refractivity contribution is 0.154. The van der Waals surface area contributed by atoms with Gasteiger partial charge in [-0.05, 0) is 89.2 Å². The molecule has 3 aliphatic rings. The quantitative estimate of drug-likeness (QED) is 0.234. The number of ether oxygens (including phenoxy) is 3. The first-order valence-corrected chi connectivity index (χ1v) is 15.2. The van der Waals surface area contributed by atoms with Gasteiger partial charge in [-0.1, -0.05) is 74.5 Å². The Morgan fingerprint density at radius 2 is 1.67 bits per heavy atom. The molecule has 1 unspecified atom stereocenters. The van der Waals surface area contributed by atoms with Crippen LogP contribution in [-0.2, 0) is 11.0 Å². The zero-order valence-corrected chi connectivity index (χ0v) is 25.2. The lowest BCUT2D eigenvalue weighted by Crippen LogP contribution is -2.36. The minimum absolute atomic E-state index is 0.268. The van der Waals surface area contributed by atoms with Crippen LogP contribution in [0.3, 0.4) is 0 Å². The summed E-state index contributed by atoms with van der Waals surface area (Å²) in [6.45, 7) is 4.51. The monoisotopic (exact) mass is 565 g/mol. The highest BCUT2D eigenvalue weighted by atomic mass is 16.5. The fourth-order valence-corrected chi connectivity index (χ4v) is 7.70. The summed E-state index contributed by atoms with van der Waals surface area (Å²) in [6.07, 6.45) is 14.8. The normalized spacial score (nSPS) is 19.1. The Balaban J connectivity index is 1.62. The highest BCUT2D eigenvalue weighted by molar-refractivity contribution is 6.09. The molecule has 0 bridgehead atoms. The molecule has 0 saturated carbocycles. The summed E-state index contributed by atoms with van der Waals surface area (Å²) >= 11 is 0. The van der Waals surface area contributed by atoms with Crippen LogP contribution in [-0.4, -0.2) is 14.2 Å². The number of rotatable bonds is 6. The molecule has 0 fully saturated rings. The van der Waals surface area contributed by atoms with Gasteiger partial charge in [0.05, 0.1) is 25.9 Å². The fraction of sp³-hybridized carbons (Fsp3) is 0.256. The zero-order chi connectivity index (χ0) is 29.8. The van der Waals surface area contributed by atoms with Gasteiger partial charge in [0.2, 0.25) is 0 Å². The van der Waals surface area contributed by atoms with E-state index in [9.17, 15) is 5.26 Å². The van der Waals surface area contributed by atoms with Gasteiger partial charge in [-0.3, -0.25) is 0 Å². The highest BCUT2D eigenvalue weighted by Crippen LogP contribution is 2.61. The standard InChI is InChI=1S/C39H35NO3/c1-5-38(6-2)32-21-25(24-40)17-18-28(32)35-30-22-33(41-3)34(42-4)23-31(30)37-29(36(35)38)19-20-39(43-37,26-13-9-7-10-14-26)27-15-11-8-12-16-27/h7-11,13-15,17-23H,5-6,12,16H2,1-4H3. The number of nitrogens with zero attached hydrogens (tertiary/aromatic N) is 1. The number of hydrogen-bond donors (Lipinski definition) is 0. The summed E-state index contributed by atoms with van der Waals surface area (Å²) in [6, 6.07) is 23.3. The Morgan fingerprint density at radius 3 is 2.33 bits per heavy atom. The second-order valence-corrected chi connectivity index (χ2v) is 11.6. The average molecular weight is 566 g/mol. The molecule has 4 heteroatoms. The largest absolute Gasteiger partial charge is 0.493 e. The van der Waals surface area contributed by atoms with E-state index in [0.29, 0.717) is 17.1 Å². The maximum absolute atomic E-state index is 9.86. The molecule has 4 aromatic rings. The topological polar surface area (TPSA) is 51.5 Å². The molecule has 0 radical (unpaired) electrons. The third-order valence-corrected chi connectivity index (χ3v) is 9.86. The van der Waals surface area contributed by atoms with Crippen LogP contribution >= 0.6 is 0 Å². The van der Waals surface area contributed by atoms with E-state index in [0.717, 1.165) is 53.3 Å². The Bertz CT molecular complexity index is 1900. The first-order valence-electron chi connectivity index (χ1n) is 15.2. The van der Waals surface area contributed by atoms with Crippen molar-refractivity contribution in [2.75, 3.05) is 14.2 Å². The van der Waals surface area contributed by atoms with E-state index in [4.69, 9.17) is 14.2 Å². The van der Waals surface area contributed by atoms with E-state index in [1.807, 2.05) is 6.07 Å². The van der Waals surface area contributed by atoms with Crippen LogP contribution in [0.1, 0.15) is 67.3 Å². The summed E-state index contributed by atoms with van der Waals surface area (Å²) in [7, 11) is 3.36. The number of methoxy groups -OCH3 is 2. The molecule has 0 saturated heterocycles. The Hall–Kier alpha value is -4.75. The maximum atomic E-state index is 9.86. The summed E-state index contributed by atoms with van der Waals surface area (Å²) in [5.41, 5.74) is 7.96. The van der Waals surface area contributed by atoms with Crippen LogP contribution in [0.2, 0.25) is 0 Å². The van der Waals surface area contributed by atoms with Crippen molar-refractivity contribution in [1.29, 1.82) is 5.26 Å². The molecule has 214 valence electrons. The summed E-state index contributed by atoms with van der Waals surface area (Å²) < 4.78 is 19.1. The molecule has 0 aromatic heterocycles. The van der Waals surface area contributed by atoms with E-state index >= 15 is 0 Å². The van der Waals surface area contributed by atoms with Gasteiger partial charge in [-0.2, -0.15) is 5.26 Å². The van der Waals surface area contributed by atoms with Crippen molar-refractivity contribution in [3.05, 3.63) is 118 Å². The van der Waals surface area contributed by atoms with Gasteiger partial charge in [0.1, 0.15) is 5.75 Å². The molecular formula is C39H35NO3.